The lowest BCUT2D eigenvalue weighted by Crippen LogP contribution is -2.25. The maximum absolute atomic E-state index is 13.1. The summed E-state index contributed by atoms with van der Waals surface area (Å²) in [4.78, 5) is 32.8. The molecule has 0 aliphatic carbocycles. The van der Waals surface area contributed by atoms with Gasteiger partial charge in [-0.1, -0.05) is 23.9 Å². The second-order valence-corrected chi connectivity index (χ2v) is 8.71. The van der Waals surface area contributed by atoms with Crippen LogP contribution in [-0.4, -0.2) is 51.2 Å². The number of benzene rings is 1. The molecule has 0 aliphatic heterocycles. The molecule has 0 radical (unpaired) electrons. The van der Waals surface area contributed by atoms with Crippen molar-refractivity contribution in [1.82, 2.24) is 19.0 Å². The van der Waals surface area contributed by atoms with Gasteiger partial charge in [0.1, 0.15) is 0 Å². The zero-order valence-corrected chi connectivity index (χ0v) is 19.3. The molecule has 0 fully saturated rings. The SMILES string of the molecule is CCn1c(C)cc(C(=O)CSc2nc3ccccc3c(=O)n2CCCN(C)C)c1C. The fraction of sp³-hybridized carbons (Fsp3) is 0.435. The van der Waals surface area contributed by atoms with Crippen LogP contribution < -0.4 is 5.56 Å². The molecule has 3 rings (SSSR count). The lowest BCUT2D eigenvalue weighted by Gasteiger charge is -2.14. The number of Topliss-reactive ketones (excluding diaryl/α,β-unsaturated/α-hetero) is 1. The number of carbonyl (C=O) groups is 1. The minimum Gasteiger partial charge on any atom is -0.349 e. The summed E-state index contributed by atoms with van der Waals surface area (Å²) in [6, 6.07) is 9.35. The van der Waals surface area contributed by atoms with Gasteiger partial charge >= 0.3 is 0 Å². The summed E-state index contributed by atoms with van der Waals surface area (Å²) in [5.74, 6) is 0.321. The number of ketones is 1. The van der Waals surface area contributed by atoms with Crippen LogP contribution in [0.4, 0.5) is 0 Å². The highest BCUT2D eigenvalue weighted by Gasteiger charge is 2.18. The maximum Gasteiger partial charge on any atom is 0.262 e. The summed E-state index contributed by atoms with van der Waals surface area (Å²) < 4.78 is 3.86. The van der Waals surface area contributed by atoms with Crippen molar-refractivity contribution in [3.05, 3.63) is 57.6 Å². The van der Waals surface area contributed by atoms with Gasteiger partial charge < -0.3 is 9.47 Å². The molecular weight excluding hydrogens is 396 g/mol. The van der Waals surface area contributed by atoms with Gasteiger partial charge in [0, 0.05) is 30.0 Å². The van der Waals surface area contributed by atoms with E-state index in [9.17, 15) is 9.59 Å². The van der Waals surface area contributed by atoms with Crippen LogP contribution in [0, 0.1) is 13.8 Å². The predicted octanol–water partition coefficient (Wildman–Crippen LogP) is 3.76. The Morgan fingerprint density at radius 2 is 1.90 bits per heavy atom. The number of nitrogens with zero attached hydrogens (tertiary/aromatic N) is 4. The molecule has 0 unspecified atom stereocenters. The number of hydrogen-bond donors (Lipinski definition) is 0. The number of aryl methyl sites for hydroxylation is 1. The van der Waals surface area contributed by atoms with Gasteiger partial charge in [-0.05, 0) is 66.0 Å². The third-order valence-corrected chi connectivity index (χ3v) is 6.31. The normalized spacial score (nSPS) is 11.5. The molecule has 1 aromatic carbocycles. The average molecular weight is 427 g/mol. The van der Waals surface area contributed by atoms with Crippen molar-refractivity contribution < 1.29 is 4.79 Å². The highest BCUT2D eigenvalue weighted by atomic mass is 32.2. The summed E-state index contributed by atoms with van der Waals surface area (Å²) in [6.45, 7) is 8.39. The van der Waals surface area contributed by atoms with E-state index >= 15 is 0 Å². The molecule has 0 amide bonds. The van der Waals surface area contributed by atoms with Gasteiger partial charge in [0.25, 0.3) is 5.56 Å². The van der Waals surface area contributed by atoms with E-state index in [1.54, 1.807) is 4.57 Å². The van der Waals surface area contributed by atoms with Gasteiger partial charge in [-0.2, -0.15) is 0 Å². The van der Waals surface area contributed by atoms with Crippen molar-refractivity contribution in [1.29, 1.82) is 0 Å². The lowest BCUT2D eigenvalue weighted by molar-refractivity contribution is 0.102. The Morgan fingerprint density at radius 1 is 1.17 bits per heavy atom. The van der Waals surface area contributed by atoms with E-state index < -0.39 is 0 Å². The van der Waals surface area contributed by atoms with Crippen LogP contribution >= 0.6 is 11.8 Å². The van der Waals surface area contributed by atoms with E-state index in [0.717, 1.165) is 36.5 Å². The highest BCUT2D eigenvalue weighted by Crippen LogP contribution is 2.22. The number of hydrogen-bond acceptors (Lipinski definition) is 5. The summed E-state index contributed by atoms with van der Waals surface area (Å²) in [5.41, 5.74) is 3.47. The Hall–Kier alpha value is -2.38. The van der Waals surface area contributed by atoms with Gasteiger partial charge in [0.15, 0.2) is 10.9 Å². The molecule has 7 heteroatoms. The van der Waals surface area contributed by atoms with Crippen LogP contribution in [0.15, 0.2) is 40.3 Å². The predicted molar refractivity (Wildman–Crippen MR) is 124 cm³/mol. The first-order valence-corrected chi connectivity index (χ1v) is 11.3. The van der Waals surface area contributed by atoms with Gasteiger partial charge in [0.05, 0.1) is 16.7 Å². The molecule has 0 atom stereocenters. The van der Waals surface area contributed by atoms with Gasteiger partial charge in [-0.3, -0.25) is 14.2 Å². The van der Waals surface area contributed by atoms with Crippen molar-refractivity contribution in [2.24, 2.45) is 0 Å². The van der Waals surface area contributed by atoms with E-state index in [-0.39, 0.29) is 17.1 Å². The van der Waals surface area contributed by atoms with Crippen molar-refractivity contribution in [3.8, 4) is 0 Å². The van der Waals surface area contributed by atoms with E-state index in [1.165, 1.54) is 11.8 Å². The van der Waals surface area contributed by atoms with Crippen molar-refractivity contribution >= 4 is 28.4 Å². The third-order valence-electron chi connectivity index (χ3n) is 5.34. The second kappa shape index (κ2) is 9.62. The molecule has 0 aliphatic rings. The molecule has 6 nitrogen and oxygen atoms in total. The fourth-order valence-electron chi connectivity index (χ4n) is 3.78. The molecule has 0 saturated heterocycles. The van der Waals surface area contributed by atoms with Crippen LogP contribution in [0.25, 0.3) is 10.9 Å². The van der Waals surface area contributed by atoms with Crippen molar-refractivity contribution in [2.75, 3.05) is 26.4 Å². The van der Waals surface area contributed by atoms with Gasteiger partial charge in [-0.15, -0.1) is 0 Å². The van der Waals surface area contributed by atoms with Crippen LogP contribution in [0.5, 0.6) is 0 Å². The number of rotatable bonds is 9. The minimum absolute atomic E-state index is 0.0431. The summed E-state index contributed by atoms with van der Waals surface area (Å²) in [7, 11) is 4.03. The highest BCUT2D eigenvalue weighted by molar-refractivity contribution is 7.99. The molecule has 0 N–H and O–H groups in total. The zero-order valence-electron chi connectivity index (χ0n) is 18.4. The topological polar surface area (TPSA) is 60.1 Å². The molecule has 2 heterocycles. The average Bonchev–Trinajstić information content (AvgIpc) is 3.01. The molecule has 2 aromatic heterocycles. The first-order chi connectivity index (χ1) is 14.3. The summed E-state index contributed by atoms with van der Waals surface area (Å²) in [6.07, 6.45) is 0.839. The molecule has 0 bridgehead atoms. The van der Waals surface area contributed by atoms with Gasteiger partial charge in [0.2, 0.25) is 0 Å². The minimum atomic E-state index is -0.0431. The maximum atomic E-state index is 13.1. The Balaban J connectivity index is 1.88. The standard InChI is InChI=1S/C23H30N4O2S/c1-6-26-16(2)14-19(17(26)3)21(28)15-30-23-24-20-11-8-7-10-18(20)22(29)27(23)13-9-12-25(4)5/h7-8,10-11,14H,6,9,12-13,15H2,1-5H3. The van der Waals surface area contributed by atoms with Crippen LogP contribution in [0.3, 0.4) is 0 Å². The Bertz CT molecular complexity index is 1110. The number of carbonyl (C=O) groups excluding carboxylic acids is 1. The Kier molecular flexibility index (Phi) is 7.15. The van der Waals surface area contributed by atoms with E-state index in [2.05, 4.69) is 16.4 Å². The first kappa shape index (κ1) is 22.3. The quantitative estimate of drug-likeness (QED) is 0.296. The Labute approximate surface area is 181 Å². The van der Waals surface area contributed by atoms with E-state index in [1.807, 2.05) is 58.3 Å². The molecular formula is C23H30N4O2S. The largest absolute Gasteiger partial charge is 0.349 e. The molecule has 0 spiro atoms. The number of aromatic nitrogens is 3. The molecule has 160 valence electrons. The smallest absolute Gasteiger partial charge is 0.262 e. The van der Waals surface area contributed by atoms with Crippen LogP contribution in [0.1, 0.15) is 35.1 Å². The second-order valence-electron chi connectivity index (χ2n) is 7.77. The van der Waals surface area contributed by atoms with Crippen molar-refractivity contribution in [3.63, 3.8) is 0 Å². The van der Waals surface area contributed by atoms with Crippen LogP contribution in [0.2, 0.25) is 0 Å². The lowest BCUT2D eigenvalue weighted by atomic mass is 10.2. The fourth-order valence-corrected chi connectivity index (χ4v) is 4.69. The van der Waals surface area contributed by atoms with Crippen LogP contribution in [-0.2, 0) is 13.1 Å². The summed E-state index contributed by atoms with van der Waals surface area (Å²) >= 11 is 1.35. The number of fused-ring (bicyclic) bond motifs is 1. The van der Waals surface area contributed by atoms with E-state index in [0.29, 0.717) is 22.6 Å². The molecule has 3 aromatic rings. The third kappa shape index (κ3) is 4.68. The number of para-hydroxylation sites is 1. The number of thioether (sulfide) groups is 1. The van der Waals surface area contributed by atoms with Crippen molar-refractivity contribution in [2.45, 2.75) is 45.4 Å². The molecule has 30 heavy (non-hydrogen) atoms. The first-order valence-electron chi connectivity index (χ1n) is 10.3. The van der Waals surface area contributed by atoms with Gasteiger partial charge in [-0.25, -0.2) is 4.98 Å². The van der Waals surface area contributed by atoms with E-state index in [4.69, 9.17) is 4.98 Å². The monoisotopic (exact) mass is 426 g/mol. The Morgan fingerprint density at radius 3 is 2.57 bits per heavy atom. The zero-order chi connectivity index (χ0) is 21.8. The summed E-state index contributed by atoms with van der Waals surface area (Å²) in [5, 5.41) is 1.22. The molecule has 0 saturated carbocycles.